The number of carbonyl (C=O) groups excluding carboxylic acids is 1. The first-order chi connectivity index (χ1) is 11.1. The number of fused-ring (bicyclic) bond motifs is 1. The zero-order valence-electron chi connectivity index (χ0n) is 13.3. The van der Waals surface area contributed by atoms with Crippen molar-refractivity contribution in [2.45, 2.75) is 26.2 Å². The molecule has 23 heavy (non-hydrogen) atoms. The zero-order chi connectivity index (χ0) is 16.0. The fourth-order valence-electron chi connectivity index (χ4n) is 3.33. The number of nitrogens with one attached hydrogen (secondary N) is 1. The van der Waals surface area contributed by atoms with Crippen LogP contribution in [0, 0.1) is 13.8 Å². The van der Waals surface area contributed by atoms with Crippen molar-refractivity contribution in [1.82, 2.24) is 14.9 Å². The summed E-state index contributed by atoms with van der Waals surface area (Å²) < 4.78 is 5.80. The molecular weight excluding hydrogens is 290 g/mol. The maximum atomic E-state index is 12.8. The van der Waals surface area contributed by atoms with E-state index in [1.807, 2.05) is 49.2 Å². The number of carbonyl (C=O) groups is 1. The summed E-state index contributed by atoms with van der Waals surface area (Å²) in [6.45, 7) is 5.36. The molecule has 0 unspecified atom stereocenters. The number of rotatable bonds is 2. The number of para-hydroxylation sites is 1. The molecule has 1 aliphatic rings. The number of aromatic amines is 1. The van der Waals surface area contributed by atoms with Crippen LogP contribution in [0.3, 0.4) is 0 Å². The lowest BCUT2D eigenvalue weighted by molar-refractivity contribution is 0.0760. The molecule has 3 heterocycles. The van der Waals surface area contributed by atoms with Crippen molar-refractivity contribution in [3.05, 3.63) is 53.3 Å². The van der Waals surface area contributed by atoms with Crippen molar-refractivity contribution in [3.63, 3.8) is 0 Å². The van der Waals surface area contributed by atoms with Crippen LogP contribution in [0.15, 0.2) is 34.9 Å². The van der Waals surface area contributed by atoms with Crippen molar-refractivity contribution < 1.29 is 9.21 Å². The van der Waals surface area contributed by atoms with Gasteiger partial charge in [0.2, 0.25) is 0 Å². The summed E-state index contributed by atoms with van der Waals surface area (Å²) in [6.07, 6.45) is 2.77. The third-order valence-corrected chi connectivity index (χ3v) is 4.62. The molecule has 0 spiro atoms. The standard InChI is InChI=1S/C18H19N3O2/c1-11-9-19-17(20-11)13-7-8-21(10-13)18(22)16-12(2)14-5-3-4-6-15(14)23-16/h3-6,9,13H,7-8,10H2,1-2H3,(H,19,20)/t13-/m0/s1. The number of hydrogen-bond acceptors (Lipinski definition) is 3. The molecule has 118 valence electrons. The maximum Gasteiger partial charge on any atom is 0.289 e. The normalized spacial score (nSPS) is 18.0. The van der Waals surface area contributed by atoms with E-state index in [-0.39, 0.29) is 11.8 Å². The Morgan fingerprint density at radius 1 is 1.35 bits per heavy atom. The third-order valence-electron chi connectivity index (χ3n) is 4.62. The Morgan fingerprint density at radius 2 is 2.17 bits per heavy atom. The molecule has 1 aromatic carbocycles. The third kappa shape index (κ3) is 2.32. The lowest BCUT2D eigenvalue weighted by Crippen LogP contribution is -2.28. The highest BCUT2D eigenvalue weighted by atomic mass is 16.3. The molecule has 3 aromatic rings. The van der Waals surface area contributed by atoms with Crippen LogP contribution in [0.5, 0.6) is 0 Å². The summed E-state index contributed by atoms with van der Waals surface area (Å²) in [4.78, 5) is 22.4. The molecule has 1 amide bonds. The predicted molar refractivity (Wildman–Crippen MR) is 87.5 cm³/mol. The van der Waals surface area contributed by atoms with Gasteiger partial charge in [0.25, 0.3) is 5.91 Å². The van der Waals surface area contributed by atoms with Gasteiger partial charge >= 0.3 is 0 Å². The predicted octanol–water partition coefficient (Wildman–Crippen LogP) is 3.40. The number of aryl methyl sites for hydroxylation is 2. The smallest absolute Gasteiger partial charge is 0.289 e. The molecule has 0 bridgehead atoms. The summed E-state index contributed by atoms with van der Waals surface area (Å²) in [6, 6.07) is 7.77. The zero-order valence-corrected chi connectivity index (χ0v) is 13.3. The number of benzene rings is 1. The summed E-state index contributed by atoms with van der Waals surface area (Å²) in [5, 5.41) is 1.01. The Bertz CT molecular complexity index is 877. The monoisotopic (exact) mass is 309 g/mol. The number of furan rings is 1. The quantitative estimate of drug-likeness (QED) is 0.789. The molecule has 1 fully saturated rings. The molecule has 1 N–H and O–H groups in total. The molecule has 0 radical (unpaired) electrons. The van der Waals surface area contributed by atoms with Gasteiger partial charge in [-0.3, -0.25) is 4.79 Å². The van der Waals surface area contributed by atoms with Crippen LogP contribution in [-0.4, -0.2) is 33.9 Å². The minimum atomic E-state index is -0.0236. The lowest BCUT2D eigenvalue weighted by Gasteiger charge is -2.15. The van der Waals surface area contributed by atoms with Crippen LogP contribution >= 0.6 is 0 Å². The minimum Gasteiger partial charge on any atom is -0.451 e. The Hall–Kier alpha value is -2.56. The van der Waals surface area contributed by atoms with Gasteiger partial charge in [-0.15, -0.1) is 0 Å². The molecule has 2 aromatic heterocycles. The number of nitrogens with zero attached hydrogens (tertiary/aromatic N) is 2. The molecule has 5 heteroatoms. The second-order valence-electron chi connectivity index (χ2n) is 6.24. The Balaban J connectivity index is 1.58. The average Bonchev–Trinajstić information content (AvgIpc) is 3.26. The topological polar surface area (TPSA) is 62.1 Å². The number of aromatic nitrogens is 2. The van der Waals surface area contributed by atoms with E-state index < -0.39 is 0 Å². The molecule has 1 aliphatic heterocycles. The van der Waals surface area contributed by atoms with Crippen molar-refractivity contribution in [1.29, 1.82) is 0 Å². The molecule has 4 rings (SSSR count). The first-order valence-corrected chi connectivity index (χ1v) is 7.92. The molecule has 0 saturated carbocycles. The SMILES string of the molecule is Cc1cnc([C@H]2CCN(C(=O)c3oc4ccccc4c3C)C2)[nH]1. The minimum absolute atomic E-state index is 0.0236. The van der Waals surface area contributed by atoms with Crippen LogP contribution in [-0.2, 0) is 0 Å². The van der Waals surface area contributed by atoms with E-state index in [0.29, 0.717) is 12.3 Å². The van der Waals surface area contributed by atoms with Crippen molar-refractivity contribution in [3.8, 4) is 0 Å². The lowest BCUT2D eigenvalue weighted by atomic mass is 10.1. The number of hydrogen-bond donors (Lipinski definition) is 1. The van der Waals surface area contributed by atoms with Crippen LogP contribution in [0.4, 0.5) is 0 Å². The van der Waals surface area contributed by atoms with Gasteiger partial charge in [0.05, 0.1) is 0 Å². The highest BCUT2D eigenvalue weighted by molar-refractivity contribution is 5.99. The fourth-order valence-corrected chi connectivity index (χ4v) is 3.33. The number of likely N-dealkylation sites (tertiary alicyclic amines) is 1. The van der Waals surface area contributed by atoms with Crippen LogP contribution < -0.4 is 0 Å². The van der Waals surface area contributed by atoms with Crippen LogP contribution in [0.25, 0.3) is 11.0 Å². The summed E-state index contributed by atoms with van der Waals surface area (Å²) in [7, 11) is 0. The van der Waals surface area contributed by atoms with Gasteiger partial charge in [0.15, 0.2) is 5.76 Å². The molecule has 1 saturated heterocycles. The summed E-state index contributed by atoms with van der Waals surface area (Å²) in [5.41, 5.74) is 2.74. The van der Waals surface area contributed by atoms with Crippen molar-refractivity contribution in [2.24, 2.45) is 0 Å². The summed E-state index contributed by atoms with van der Waals surface area (Å²) >= 11 is 0. The maximum absolute atomic E-state index is 12.8. The van der Waals surface area contributed by atoms with E-state index in [1.54, 1.807) is 0 Å². The van der Waals surface area contributed by atoms with Crippen LogP contribution in [0.1, 0.15) is 40.0 Å². The van der Waals surface area contributed by atoms with E-state index in [4.69, 9.17) is 4.42 Å². The van der Waals surface area contributed by atoms with E-state index in [0.717, 1.165) is 41.0 Å². The average molecular weight is 309 g/mol. The van der Waals surface area contributed by atoms with E-state index in [1.165, 1.54) is 0 Å². The second kappa shape index (κ2) is 5.26. The number of amides is 1. The largest absolute Gasteiger partial charge is 0.451 e. The van der Waals surface area contributed by atoms with E-state index in [2.05, 4.69) is 9.97 Å². The number of H-pyrrole nitrogens is 1. The highest BCUT2D eigenvalue weighted by Gasteiger charge is 2.32. The number of imidazole rings is 1. The Labute approximate surface area is 134 Å². The Morgan fingerprint density at radius 3 is 2.91 bits per heavy atom. The van der Waals surface area contributed by atoms with E-state index >= 15 is 0 Å². The molecule has 0 aliphatic carbocycles. The molecule has 5 nitrogen and oxygen atoms in total. The first kappa shape index (κ1) is 14.1. The van der Waals surface area contributed by atoms with Gasteiger partial charge in [0.1, 0.15) is 11.4 Å². The van der Waals surface area contributed by atoms with Gasteiger partial charge in [-0.2, -0.15) is 0 Å². The highest BCUT2D eigenvalue weighted by Crippen LogP contribution is 2.30. The molecule has 1 atom stereocenters. The second-order valence-corrected chi connectivity index (χ2v) is 6.24. The first-order valence-electron chi connectivity index (χ1n) is 7.92. The van der Waals surface area contributed by atoms with Gasteiger partial charge in [-0.05, 0) is 26.3 Å². The molecular formula is C18H19N3O2. The van der Waals surface area contributed by atoms with Gasteiger partial charge in [0, 0.05) is 41.8 Å². The van der Waals surface area contributed by atoms with Crippen molar-refractivity contribution in [2.75, 3.05) is 13.1 Å². The fraction of sp³-hybridized carbons (Fsp3) is 0.333. The van der Waals surface area contributed by atoms with Crippen LogP contribution in [0.2, 0.25) is 0 Å². The summed E-state index contributed by atoms with van der Waals surface area (Å²) in [5.74, 6) is 1.68. The van der Waals surface area contributed by atoms with Gasteiger partial charge < -0.3 is 14.3 Å². The van der Waals surface area contributed by atoms with E-state index in [9.17, 15) is 4.79 Å². The Kier molecular flexibility index (Phi) is 3.22. The van der Waals surface area contributed by atoms with Gasteiger partial charge in [-0.25, -0.2) is 4.98 Å². The van der Waals surface area contributed by atoms with Crippen molar-refractivity contribution >= 4 is 16.9 Å². The van der Waals surface area contributed by atoms with Gasteiger partial charge in [-0.1, -0.05) is 18.2 Å².